The molecule has 2 aromatic rings. The Morgan fingerprint density at radius 1 is 1.00 bits per heavy atom. The number of rotatable bonds is 7. The minimum atomic E-state index is -0.743. The van der Waals surface area contributed by atoms with Crippen LogP contribution < -0.4 is 11.1 Å². The number of carbonyl (C=O) groups excluding carboxylic acids is 4. The molecular formula is C23H27ClN4O4. The molecule has 0 heterocycles. The Morgan fingerprint density at radius 3 is 2.16 bits per heavy atom. The summed E-state index contributed by atoms with van der Waals surface area (Å²) in [6, 6.07) is 10.2. The lowest BCUT2D eigenvalue weighted by molar-refractivity contribution is -0.00883. The molecule has 9 heteroatoms. The third-order valence-electron chi connectivity index (χ3n) is 5.06. The number of hydrogen-bond acceptors (Lipinski definition) is 4. The molecule has 8 nitrogen and oxygen atoms in total. The lowest BCUT2D eigenvalue weighted by Gasteiger charge is -2.36. The van der Waals surface area contributed by atoms with Gasteiger partial charge >= 0.3 is 0 Å². The SMILES string of the molecule is CCNC(=O)c1ccc(C(=O)N(C(C)CC)N(C)C(=O)c2ccccc2C(N)=O)c(Cl)c1. The first-order valence-electron chi connectivity index (χ1n) is 10.2. The van der Waals surface area contributed by atoms with Crippen LogP contribution in [0.5, 0.6) is 0 Å². The number of nitrogens with one attached hydrogen (secondary N) is 1. The molecule has 0 bridgehead atoms. The van der Waals surface area contributed by atoms with E-state index in [1.165, 1.54) is 42.4 Å². The summed E-state index contributed by atoms with van der Waals surface area (Å²) < 4.78 is 0. The van der Waals surface area contributed by atoms with E-state index < -0.39 is 17.7 Å². The fourth-order valence-corrected chi connectivity index (χ4v) is 3.44. The quantitative estimate of drug-likeness (QED) is 0.620. The van der Waals surface area contributed by atoms with Crippen molar-refractivity contribution >= 4 is 35.2 Å². The van der Waals surface area contributed by atoms with Gasteiger partial charge in [-0.05, 0) is 50.6 Å². The molecule has 2 aromatic carbocycles. The highest BCUT2D eigenvalue weighted by molar-refractivity contribution is 6.34. The second kappa shape index (κ2) is 10.8. The van der Waals surface area contributed by atoms with E-state index in [2.05, 4.69) is 5.32 Å². The van der Waals surface area contributed by atoms with Crippen molar-refractivity contribution in [3.63, 3.8) is 0 Å². The standard InChI is InChI=1S/C23H27ClN4O4/c1-5-14(3)28(27(4)22(31)17-10-8-7-9-16(17)20(25)29)23(32)18-12-11-15(13-19(18)24)21(30)26-6-2/h7-14H,5-6H2,1-4H3,(H2,25,29)(H,26,30). The predicted octanol–water partition coefficient (Wildman–Crippen LogP) is 3.12. The van der Waals surface area contributed by atoms with Crippen molar-refractivity contribution in [1.29, 1.82) is 0 Å². The van der Waals surface area contributed by atoms with Gasteiger partial charge in [0.15, 0.2) is 0 Å². The zero-order chi connectivity index (χ0) is 24.0. The summed E-state index contributed by atoms with van der Waals surface area (Å²) >= 11 is 6.34. The van der Waals surface area contributed by atoms with Crippen molar-refractivity contribution in [2.75, 3.05) is 13.6 Å². The summed E-state index contributed by atoms with van der Waals surface area (Å²) in [4.78, 5) is 50.4. The number of halogens is 1. The number of carbonyl (C=O) groups is 4. The van der Waals surface area contributed by atoms with Gasteiger partial charge in [0.2, 0.25) is 5.91 Å². The van der Waals surface area contributed by atoms with E-state index >= 15 is 0 Å². The van der Waals surface area contributed by atoms with Crippen LogP contribution in [-0.2, 0) is 0 Å². The van der Waals surface area contributed by atoms with Crippen molar-refractivity contribution < 1.29 is 19.2 Å². The number of nitrogens with zero attached hydrogens (tertiary/aromatic N) is 2. The molecule has 0 spiro atoms. The molecule has 0 radical (unpaired) electrons. The van der Waals surface area contributed by atoms with E-state index in [-0.39, 0.29) is 33.7 Å². The van der Waals surface area contributed by atoms with Gasteiger partial charge in [-0.15, -0.1) is 0 Å². The Kier molecular flexibility index (Phi) is 8.37. The molecule has 2 rings (SSSR count). The Hall–Kier alpha value is -3.39. The highest BCUT2D eigenvalue weighted by atomic mass is 35.5. The first-order chi connectivity index (χ1) is 15.1. The van der Waals surface area contributed by atoms with Gasteiger partial charge in [-0.3, -0.25) is 19.2 Å². The summed E-state index contributed by atoms with van der Waals surface area (Å²) in [7, 11) is 1.45. The third kappa shape index (κ3) is 5.26. The zero-order valence-electron chi connectivity index (χ0n) is 18.5. The number of nitrogens with two attached hydrogens (primary N) is 1. The molecule has 0 aliphatic carbocycles. The lowest BCUT2D eigenvalue weighted by atomic mass is 10.1. The van der Waals surface area contributed by atoms with Crippen LogP contribution in [0.15, 0.2) is 42.5 Å². The normalized spacial score (nSPS) is 11.4. The van der Waals surface area contributed by atoms with Gasteiger partial charge in [0, 0.05) is 19.2 Å². The van der Waals surface area contributed by atoms with E-state index in [0.29, 0.717) is 18.5 Å². The maximum absolute atomic E-state index is 13.4. The zero-order valence-corrected chi connectivity index (χ0v) is 19.3. The predicted molar refractivity (Wildman–Crippen MR) is 122 cm³/mol. The molecular weight excluding hydrogens is 432 g/mol. The minimum Gasteiger partial charge on any atom is -0.366 e. The topological polar surface area (TPSA) is 113 Å². The first-order valence-corrected chi connectivity index (χ1v) is 10.6. The number of hydrazine groups is 1. The second-order valence-corrected chi connectivity index (χ2v) is 7.61. The molecule has 3 N–H and O–H groups in total. The van der Waals surface area contributed by atoms with Gasteiger partial charge in [0.25, 0.3) is 17.7 Å². The monoisotopic (exact) mass is 458 g/mol. The minimum absolute atomic E-state index is 0.0604. The molecule has 0 fully saturated rings. The second-order valence-electron chi connectivity index (χ2n) is 7.20. The molecule has 0 saturated heterocycles. The maximum Gasteiger partial charge on any atom is 0.274 e. The van der Waals surface area contributed by atoms with Gasteiger partial charge in [0.1, 0.15) is 0 Å². The molecule has 0 aliphatic heterocycles. The summed E-state index contributed by atoms with van der Waals surface area (Å²) in [5.74, 6) is -2.13. The first kappa shape index (κ1) is 24.9. The third-order valence-corrected chi connectivity index (χ3v) is 5.37. The molecule has 170 valence electrons. The van der Waals surface area contributed by atoms with Gasteiger partial charge in [-0.1, -0.05) is 30.7 Å². The van der Waals surface area contributed by atoms with Crippen molar-refractivity contribution in [1.82, 2.24) is 15.3 Å². The molecule has 0 saturated carbocycles. The maximum atomic E-state index is 13.4. The molecule has 0 aromatic heterocycles. The molecule has 4 amide bonds. The Bertz CT molecular complexity index is 1040. The van der Waals surface area contributed by atoms with Crippen molar-refractivity contribution in [3.05, 3.63) is 69.7 Å². The summed E-state index contributed by atoms with van der Waals surface area (Å²) in [5.41, 5.74) is 6.01. The number of benzene rings is 2. The van der Waals surface area contributed by atoms with E-state index in [0.717, 1.165) is 5.01 Å². The smallest absolute Gasteiger partial charge is 0.274 e. The van der Waals surface area contributed by atoms with Crippen LogP contribution in [0.3, 0.4) is 0 Å². The van der Waals surface area contributed by atoms with Crippen LogP contribution in [0.4, 0.5) is 0 Å². The highest BCUT2D eigenvalue weighted by Gasteiger charge is 2.31. The Labute approximate surface area is 192 Å². The Balaban J connectivity index is 2.44. The largest absolute Gasteiger partial charge is 0.366 e. The average molecular weight is 459 g/mol. The highest BCUT2D eigenvalue weighted by Crippen LogP contribution is 2.23. The summed E-state index contributed by atoms with van der Waals surface area (Å²) in [6.07, 6.45) is 0.551. The summed E-state index contributed by atoms with van der Waals surface area (Å²) in [5, 5.41) is 5.20. The van der Waals surface area contributed by atoms with Gasteiger partial charge in [-0.2, -0.15) is 0 Å². The van der Waals surface area contributed by atoms with Gasteiger partial charge < -0.3 is 11.1 Å². The van der Waals surface area contributed by atoms with E-state index in [9.17, 15) is 19.2 Å². The van der Waals surface area contributed by atoms with E-state index in [1.54, 1.807) is 26.0 Å². The number of primary amides is 1. The van der Waals surface area contributed by atoms with Crippen LogP contribution in [-0.4, -0.2) is 53.3 Å². The fourth-order valence-electron chi connectivity index (χ4n) is 3.18. The van der Waals surface area contributed by atoms with E-state index in [1.807, 2.05) is 6.92 Å². The molecule has 0 aliphatic rings. The van der Waals surface area contributed by atoms with Crippen LogP contribution in [0, 0.1) is 0 Å². The van der Waals surface area contributed by atoms with Crippen LogP contribution in [0.1, 0.15) is 68.6 Å². The van der Waals surface area contributed by atoms with Crippen molar-refractivity contribution in [2.24, 2.45) is 5.73 Å². The fraction of sp³-hybridized carbons (Fsp3) is 0.304. The average Bonchev–Trinajstić information content (AvgIpc) is 2.78. The summed E-state index contributed by atoms with van der Waals surface area (Å²) in [6.45, 7) is 5.92. The lowest BCUT2D eigenvalue weighted by Crippen LogP contribution is -2.52. The van der Waals surface area contributed by atoms with Crippen LogP contribution in [0.2, 0.25) is 5.02 Å². The van der Waals surface area contributed by atoms with E-state index in [4.69, 9.17) is 17.3 Å². The molecule has 1 unspecified atom stereocenters. The van der Waals surface area contributed by atoms with Crippen LogP contribution in [0.25, 0.3) is 0 Å². The van der Waals surface area contributed by atoms with Crippen molar-refractivity contribution in [3.8, 4) is 0 Å². The number of hydrogen-bond donors (Lipinski definition) is 2. The van der Waals surface area contributed by atoms with Crippen LogP contribution >= 0.6 is 11.6 Å². The van der Waals surface area contributed by atoms with Gasteiger partial charge in [0.05, 0.1) is 27.8 Å². The van der Waals surface area contributed by atoms with Crippen molar-refractivity contribution in [2.45, 2.75) is 33.2 Å². The van der Waals surface area contributed by atoms with Gasteiger partial charge in [-0.25, -0.2) is 10.0 Å². The number of amides is 4. The molecule has 1 atom stereocenters. The Morgan fingerprint density at radius 2 is 1.62 bits per heavy atom. The molecule has 32 heavy (non-hydrogen) atoms.